The molecular weight excluding hydrogens is 256 g/mol. The lowest BCUT2D eigenvalue weighted by Gasteiger charge is -2.13. The minimum atomic E-state index is -3.15. The van der Waals surface area contributed by atoms with Gasteiger partial charge in [-0.05, 0) is 25.1 Å². The van der Waals surface area contributed by atoms with Gasteiger partial charge in [-0.25, -0.2) is 8.42 Å². The molecule has 1 rings (SSSR count). The number of nitrogen functional groups attached to an aromatic ring is 1. The van der Waals surface area contributed by atoms with Gasteiger partial charge in [0.1, 0.15) is 15.6 Å². The Morgan fingerprint density at radius 3 is 2.61 bits per heavy atom. The van der Waals surface area contributed by atoms with Gasteiger partial charge in [0.2, 0.25) is 0 Å². The molecule has 0 heterocycles. The molecule has 0 spiro atoms. The van der Waals surface area contributed by atoms with Crippen molar-refractivity contribution in [3.63, 3.8) is 0 Å². The van der Waals surface area contributed by atoms with E-state index in [1.54, 1.807) is 6.92 Å². The highest BCUT2D eigenvalue weighted by Gasteiger charge is 2.15. The van der Waals surface area contributed by atoms with E-state index in [0.29, 0.717) is 0 Å². The molecule has 100 valence electrons. The van der Waals surface area contributed by atoms with Crippen LogP contribution in [0.2, 0.25) is 0 Å². The van der Waals surface area contributed by atoms with Crippen LogP contribution < -0.4 is 11.1 Å². The van der Waals surface area contributed by atoms with E-state index < -0.39 is 21.8 Å². The predicted molar refractivity (Wildman–Crippen MR) is 69.2 cm³/mol. The third-order valence-corrected chi connectivity index (χ3v) is 3.33. The van der Waals surface area contributed by atoms with Crippen molar-refractivity contribution in [2.45, 2.75) is 13.0 Å². The first-order chi connectivity index (χ1) is 8.19. The zero-order valence-electron chi connectivity index (χ0n) is 10.2. The quantitative estimate of drug-likeness (QED) is 0.533. The molecule has 1 aromatic rings. The Bertz CT molecular complexity index is 554. The van der Waals surface area contributed by atoms with Crippen molar-refractivity contribution in [3.05, 3.63) is 23.8 Å². The summed E-state index contributed by atoms with van der Waals surface area (Å²) in [5.74, 6) is -0.778. The first-order valence-electron chi connectivity index (χ1n) is 5.26. The second kappa shape index (κ2) is 5.26. The Kier molecular flexibility index (Phi) is 4.18. The Balaban J connectivity index is 2.73. The number of phenolic OH excluding ortho intramolecular Hbond substituents is 1. The average Bonchev–Trinajstić information content (AvgIpc) is 2.18. The maximum absolute atomic E-state index is 11.7. The molecule has 4 N–H and O–H groups in total. The summed E-state index contributed by atoms with van der Waals surface area (Å²) in [7, 11) is -3.15. The number of aromatic hydroxyl groups is 1. The zero-order valence-corrected chi connectivity index (χ0v) is 11.0. The molecule has 0 bridgehead atoms. The van der Waals surface area contributed by atoms with Crippen molar-refractivity contribution in [2.75, 3.05) is 17.7 Å². The minimum Gasteiger partial charge on any atom is -0.506 e. The normalized spacial score (nSPS) is 13.0. The fourth-order valence-electron chi connectivity index (χ4n) is 1.49. The zero-order chi connectivity index (χ0) is 13.9. The van der Waals surface area contributed by atoms with Crippen molar-refractivity contribution in [2.24, 2.45) is 0 Å². The summed E-state index contributed by atoms with van der Waals surface area (Å²) in [5, 5.41) is 11.9. The minimum absolute atomic E-state index is 0.139. The highest BCUT2D eigenvalue weighted by atomic mass is 32.2. The molecule has 0 aliphatic rings. The molecule has 1 unspecified atom stereocenters. The van der Waals surface area contributed by atoms with Gasteiger partial charge in [-0.2, -0.15) is 0 Å². The van der Waals surface area contributed by atoms with Gasteiger partial charge in [0.25, 0.3) is 5.91 Å². The fourth-order valence-corrected chi connectivity index (χ4v) is 2.48. The summed E-state index contributed by atoms with van der Waals surface area (Å²) in [6.45, 7) is 1.59. The number of rotatable bonds is 4. The topological polar surface area (TPSA) is 109 Å². The smallest absolute Gasteiger partial charge is 0.251 e. The summed E-state index contributed by atoms with van der Waals surface area (Å²) < 4.78 is 22.1. The van der Waals surface area contributed by atoms with Gasteiger partial charge < -0.3 is 16.2 Å². The third kappa shape index (κ3) is 4.25. The number of carbonyl (C=O) groups is 1. The fraction of sp³-hybridized carbons (Fsp3) is 0.364. The molecule has 1 amide bonds. The van der Waals surface area contributed by atoms with Gasteiger partial charge in [0.15, 0.2) is 0 Å². The SMILES string of the molecule is CC(CS(C)(=O)=O)NC(=O)c1ccc(N)c(O)c1. The standard InChI is InChI=1S/C11H16N2O4S/c1-7(6-18(2,16)17)13-11(15)8-3-4-9(12)10(14)5-8/h3-5,7,14H,6,12H2,1-2H3,(H,13,15). The Morgan fingerprint density at radius 2 is 2.11 bits per heavy atom. The first-order valence-corrected chi connectivity index (χ1v) is 7.32. The van der Waals surface area contributed by atoms with Crippen molar-refractivity contribution in [1.29, 1.82) is 0 Å². The van der Waals surface area contributed by atoms with Crippen LogP contribution in [0.25, 0.3) is 0 Å². The van der Waals surface area contributed by atoms with E-state index in [1.165, 1.54) is 18.2 Å². The maximum atomic E-state index is 11.7. The Labute approximate surface area is 106 Å². The van der Waals surface area contributed by atoms with Crippen LogP contribution in [0.3, 0.4) is 0 Å². The van der Waals surface area contributed by atoms with Crippen LogP contribution in [0.1, 0.15) is 17.3 Å². The molecule has 0 fully saturated rings. The van der Waals surface area contributed by atoms with Gasteiger partial charge in [-0.1, -0.05) is 0 Å². The van der Waals surface area contributed by atoms with Crippen LogP contribution in [-0.2, 0) is 9.84 Å². The molecule has 6 nitrogen and oxygen atoms in total. The highest BCUT2D eigenvalue weighted by Crippen LogP contribution is 2.20. The van der Waals surface area contributed by atoms with Crippen LogP contribution in [0.5, 0.6) is 5.75 Å². The number of hydrogen-bond donors (Lipinski definition) is 3. The average molecular weight is 272 g/mol. The maximum Gasteiger partial charge on any atom is 0.251 e. The predicted octanol–water partition coefficient (Wildman–Crippen LogP) is 0.137. The molecule has 0 saturated carbocycles. The van der Waals surface area contributed by atoms with E-state index in [-0.39, 0.29) is 22.8 Å². The van der Waals surface area contributed by atoms with E-state index in [9.17, 15) is 18.3 Å². The van der Waals surface area contributed by atoms with Gasteiger partial charge in [0, 0.05) is 17.9 Å². The lowest BCUT2D eigenvalue weighted by molar-refractivity contribution is 0.0943. The van der Waals surface area contributed by atoms with Gasteiger partial charge in [-0.15, -0.1) is 0 Å². The van der Waals surface area contributed by atoms with Crippen molar-refractivity contribution in [3.8, 4) is 5.75 Å². The highest BCUT2D eigenvalue weighted by molar-refractivity contribution is 7.90. The number of sulfone groups is 1. The van der Waals surface area contributed by atoms with Crippen LogP contribution in [0.15, 0.2) is 18.2 Å². The number of phenols is 1. The number of hydrogen-bond acceptors (Lipinski definition) is 5. The second-order valence-electron chi connectivity index (χ2n) is 4.24. The van der Waals surface area contributed by atoms with E-state index in [2.05, 4.69) is 5.32 Å². The first kappa shape index (κ1) is 14.3. The van der Waals surface area contributed by atoms with Gasteiger partial charge in [-0.3, -0.25) is 4.79 Å². The molecule has 1 aromatic carbocycles. The van der Waals surface area contributed by atoms with E-state index >= 15 is 0 Å². The number of nitrogens with one attached hydrogen (secondary N) is 1. The molecule has 0 aliphatic carbocycles. The van der Waals surface area contributed by atoms with E-state index in [1.807, 2.05) is 0 Å². The van der Waals surface area contributed by atoms with Crippen molar-refractivity contribution >= 4 is 21.4 Å². The van der Waals surface area contributed by atoms with Crippen LogP contribution in [0, 0.1) is 0 Å². The lowest BCUT2D eigenvalue weighted by Crippen LogP contribution is -2.37. The van der Waals surface area contributed by atoms with Crippen LogP contribution in [0.4, 0.5) is 5.69 Å². The summed E-state index contributed by atoms with van der Waals surface area (Å²) in [4.78, 5) is 11.7. The number of carbonyl (C=O) groups excluding carboxylic acids is 1. The number of anilines is 1. The number of benzene rings is 1. The molecular formula is C11H16N2O4S. The van der Waals surface area contributed by atoms with E-state index in [0.717, 1.165) is 6.26 Å². The van der Waals surface area contributed by atoms with Crippen LogP contribution >= 0.6 is 0 Å². The molecule has 7 heteroatoms. The summed E-state index contributed by atoms with van der Waals surface area (Å²) >= 11 is 0. The second-order valence-corrected chi connectivity index (χ2v) is 6.43. The number of amides is 1. The van der Waals surface area contributed by atoms with Crippen molar-refractivity contribution in [1.82, 2.24) is 5.32 Å². The number of nitrogens with two attached hydrogens (primary N) is 1. The summed E-state index contributed by atoms with van der Waals surface area (Å²) in [6.07, 6.45) is 1.10. The molecule has 0 aliphatic heterocycles. The van der Waals surface area contributed by atoms with E-state index in [4.69, 9.17) is 5.73 Å². The molecule has 1 atom stereocenters. The third-order valence-electron chi connectivity index (χ3n) is 2.22. The van der Waals surface area contributed by atoms with Crippen LogP contribution in [-0.4, -0.2) is 37.5 Å². The van der Waals surface area contributed by atoms with Gasteiger partial charge >= 0.3 is 0 Å². The summed E-state index contributed by atoms with van der Waals surface area (Å²) in [5.41, 5.74) is 5.81. The molecule has 0 aromatic heterocycles. The molecule has 0 saturated heterocycles. The van der Waals surface area contributed by atoms with Gasteiger partial charge in [0.05, 0.1) is 11.4 Å². The molecule has 0 radical (unpaired) electrons. The van der Waals surface area contributed by atoms with Crippen molar-refractivity contribution < 1.29 is 18.3 Å². The lowest BCUT2D eigenvalue weighted by atomic mass is 10.1. The monoisotopic (exact) mass is 272 g/mol. The largest absolute Gasteiger partial charge is 0.506 e. The molecule has 18 heavy (non-hydrogen) atoms. The Hall–Kier alpha value is -1.76. The Morgan fingerprint density at radius 1 is 1.50 bits per heavy atom. The summed E-state index contributed by atoms with van der Waals surface area (Å²) in [6, 6.07) is 3.59.